The molecule has 0 spiro atoms. The van der Waals surface area contributed by atoms with Crippen LogP contribution in [0.3, 0.4) is 0 Å². The predicted molar refractivity (Wildman–Crippen MR) is 110 cm³/mol. The number of carbonyl (C=O) groups is 2. The first-order chi connectivity index (χ1) is 14.9. The van der Waals surface area contributed by atoms with Crippen LogP contribution in [-0.2, 0) is 29.1 Å². The molecule has 0 saturated carbocycles. The molecule has 0 fully saturated rings. The van der Waals surface area contributed by atoms with Crippen molar-refractivity contribution in [2.24, 2.45) is 0 Å². The molecule has 0 aromatic heterocycles. The molecule has 1 aliphatic heterocycles. The van der Waals surface area contributed by atoms with Crippen molar-refractivity contribution in [1.29, 1.82) is 0 Å². The Hall–Kier alpha value is -3.02. The van der Waals surface area contributed by atoms with Gasteiger partial charge < -0.3 is 14.8 Å². The molecule has 1 aromatic rings. The molecule has 1 heterocycles. The zero-order valence-electron chi connectivity index (χ0n) is 17.8. The second kappa shape index (κ2) is 9.63. The molecule has 1 aromatic carbocycles. The van der Waals surface area contributed by atoms with Gasteiger partial charge in [-0.2, -0.15) is 21.6 Å². The van der Waals surface area contributed by atoms with Gasteiger partial charge in [0.1, 0.15) is 0 Å². The van der Waals surface area contributed by atoms with Crippen molar-refractivity contribution in [3.63, 3.8) is 0 Å². The van der Waals surface area contributed by atoms with E-state index in [1.165, 1.54) is 36.8 Å². The highest BCUT2D eigenvalue weighted by molar-refractivity contribution is 7.93. The molecule has 2 rings (SSSR count). The molecule has 0 bridgehead atoms. The Morgan fingerprint density at radius 1 is 1.00 bits per heavy atom. The molecule has 0 radical (unpaired) electrons. The molecule has 8 nitrogen and oxygen atoms in total. The monoisotopic (exact) mass is 476 g/mol. The maximum absolute atomic E-state index is 13.0. The van der Waals surface area contributed by atoms with E-state index in [1.807, 2.05) is 0 Å². The van der Waals surface area contributed by atoms with Crippen molar-refractivity contribution in [3.8, 4) is 0 Å². The van der Waals surface area contributed by atoms with Crippen molar-refractivity contribution < 1.29 is 40.7 Å². The molecule has 1 aliphatic rings. The first-order valence-corrected chi connectivity index (χ1v) is 11.0. The molecule has 0 aliphatic carbocycles. The van der Waals surface area contributed by atoms with Crippen LogP contribution in [0.2, 0.25) is 0 Å². The minimum Gasteiger partial charge on any atom is -0.463 e. The smallest absolute Gasteiger partial charge is 0.463 e. The number of hydrogen-bond donors (Lipinski definition) is 2. The molecule has 0 amide bonds. The van der Waals surface area contributed by atoms with E-state index in [2.05, 4.69) is 5.32 Å². The Morgan fingerprint density at radius 2 is 1.47 bits per heavy atom. The average Bonchev–Trinajstić information content (AvgIpc) is 2.67. The summed E-state index contributed by atoms with van der Waals surface area (Å²) in [7, 11) is -5.77. The predicted octanol–water partition coefficient (Wildman–Crippen LogP) is 3.31. The van der Waals surface area contributed by atoms with Gasteiger partial charge in [0.05, 0.1) is 36.0 Å². The highest BCUT2D eigenvalue weighted by Gasteiger charge is 2.47. The topological polar surface area (TPSA) is 111 Å². The molecule has 2 N–H and O–H groups in total. The van der Waals surface area contributed by atoms with Crippen molar-refractivity contribution in [3.05, 3.63) is 52.4 Å². The number of anilines is 1. The number of nitrogens with one attached hydrogen (secondary N) is 2. The highest BCUT2D eigenvalue weighted by atomic mass is 32.2. The van der Waals surface area contributed by atoms with Gasteiger partial charge >= 0.3 is 27.5 Å². The standard InChI is InChI=1S/C20H23F3N2O6S/c1-5-30-18(26)15-11(3)24-12(4)16(19(27)31-6-2)17(15)13-9-7-8-10-14(13)25-32(28,29)20(21,22)23/h7-10,17,24-25H,5-6H2,1-4H3. The molecule has 0 unspecified atom stereocenters. The Kier molecular flexibility index (Phi) is 7.60. The lowest BCUT2D eigenvalue weighted by Crippen LogP contribution is -2.34. The number of benzene rings is 1. The van der Waals surface area contributed by atoms with Gasteiger partial charge in [0.25, 0.3) is 0 Å². The summed E-state index contributed by atoms with van der Waals surface area (Å²) in [6.45, 7) is 6.21. The first kappa shape index (κ1) is 25.2. The van der Waals surface area contributed by atoms with Crippen LogP contribution in [0, 0.1) is 0 Å². The third-order valence-corrected chi connectivity index (χ3v) is 5.67. The third-order valence-electron chi connectivity index (χ3n) is 4.57. The number of allylic oxidation sites excluding steroid dienone is 2. The SMILES string of the molecule is CCOC(=O)C1=C(C)NC(C)=C(C(=O)OCC)C1c1ccccc1NS(=O)(=O)C(F)(F)F. The molecule has 0 saturated heterocycles. The number of sulfonamides is 1. The number of alkyl halides is 3. The summed E-state index contributed by atoms with van der Waals surface area (Å²) in [6.07, 6.45) is 0. The lowest BCUT2D eigenvalue weighted by molar-refractivity contribution is -0.139. The van der Waals surface area contributed by atoms with Crippen LogP contribution in [0.1, 0.15) is 39.2 Å². The van der Waals surface area contributed by atoms with Crippen LogP contribution in [0.5, 0.6) is 0 Å². The minimum absolute atomic E-state index is 0.00210. The minimum atomic E-state index is -5.77. The molecular formula is C20H23F3N2O6S. The Labute approximate surface area is 183 Å². The van der Waals surface area contributed by atoms with Gasteiger partial charge in [-0.1, -0.05) is 18.2 Å². The van der Waals surface area contributed by atoms with E-state index >= 15 is 0 Å². The van der Waals surface area contributed by atoms with Crippen LogP contribution >= 0.6 is 0 Å². The van der Waals surface area contributed by atoms with Crippen molar-refractivity contribution >= 4 is 27.6 Å². The van der Waals surface area contributed by atoms with Crippen LogP contribution in [0.25, 0.3) is 0 Å². The molecule has 176 valence electrons. The summed E-state index contributed by atoms with van der Waals surface area (Å²) in [6, 6.07) is 5.19. The van der Waals surface area contributed by atoms with E-state index in [4.69, 9.17) is 9.47 Å². The van der Waals surface area contributed by atoms with E-state index in [9.17, 15) is 31.2 Å². The number of hydrogen-bond acceptors (Lipinski definition) is 7. The van der Waals surface area contributed by atoms with Crippen molar-refractivity contribution in [2.75, 3.05) is 17.9 Å². The normalized spacial score (nSPS) is 15.3. The zero-order chi connectivity index (χ0) is 24.3. The van der Waals surface area contributed by atoms with Gasteiger partial charge in [-0.15, -0.1) is 0 Å². The Balaban J connectivity index is 2.77. The second-order valence-corrected chi connectivity index (χ2v) is 8.39. The van der Waals surface area contributed by atoms with Gasteiger partial charge in [-0.25, -0.2) is 9.59 Å². The van der Waals surface area contributed by atoms with Crippen LogP contribution < -0.4 is 10.0 Å². The number of rotatable bonds is 7. The van der Waals surface area contributed by atoms with E-state index < -0.39 is 39.1 Å². The molecule has 12 heteroatoms. The summed E-state index contributed by atoms with van der Waals surface area (Å²) < 4.78 is 74.2. The van der Waals surface area contributed by atoms with E-state index in [0.717, 1.165) is 6.07 Å². The number of ether oxygens (including phenoxy) is 2. The van der Waals surface area contributed by atoms with Gasteiger partial charge in [0.2, 0.25) is 0 Å². The third kappa shape index (κ3) is 5.06. The van der Waals surface area contributed by atoms with Crippen molar-refractivity contribution in [2.45, 2.75) is 39.1 Å². The highest BCUT2D eigenvalue weighted by Crippen LogP contribution is 2.42. The van der Waals surface area contributed by atoms with Crippen LogP contribution in [-0.4, -0.2) is 39.1 Å². The van der Waals surface area contributed by atoms with Gasteiger partial charge in [0.15, 0.2) is 0 Å². The largest absolute Gasteiger partial charge is 0.516 e. The maximum Gasteiger partial charge on any atom is 0.516 e. The van der Waals surface area contributed by atoms with E-state index in [1.54, 1.807) is 13.8 Å². The summed E-state index contributed by atoms with van der Waals surface area (Å²) in [4.78, 5) is 25.5. The summed E-state index contributed by atoms with van der Waals surface area (Å²) in [5, 5.41) is 2.89. The molecular weight excluding hydrogens is 453 g/mol. The van der Waals surface area contributed by atoms with Crippen molar-refractivity contribution in [1.82, 2.24) is 5.32 Å². The number of carbonyl (C=O) groups excluding carboxylic acids is 2. The summed E-state index contributed by atoms with van der Waals surface area (Å²) in [5.41, 5.74) is -5.58. The fraction of sp³-hybridized carbons (Fsp3) is 0.400. The molecule has 0 atom stereocenters. The molecule has 32 heavy (non-hydrogen) atoms. The Morgan fingerprint density at radius 3 is 1.91 bits per heavy atom. The van der Waals surface area contributed by atoms with Gasteiger partial charge in [-0.05, 0) is 39.3 Å². The maximum atomic E-state index is 13.0. The van der Waals surface area contributed by atoms with Gasteiger partial charge in [-0.3, -0.25) is 4.72 Å². The number of halogens is 3. The second-order valence-electron chi connectivity index (χ2n) is 6.71. The number of esters is 2. The fourth-order valence-electron chi connectivity index (χ4n) is 3.31. The fourth-order valence-corrected chi connectivity index (χ4v) is 3.90. The first-order valence-electron chi connectivity index (χ1n) is 9.56. The number of dihydropyridines is 1. The average molecular weight is 476 g/mol. The van der Waals surface area contributed by atoms with E-state index in [0.29, 0.717) is 11.4 Å². The van der Waals surface area contributed by atoms with Crippen LogP contribution in [0.4, 0.5) is 18.9 Å². The number of para-hydroxylation sites is 1. The Bertz CT molecular complexity index is 1040. The lowest BCUT2D eigenvalue weighted by atomic mass is 9.79. The quantitative estimate of drug-likeness (QED) is 0.581. The summed E-state index contributed by atoms with van der Waals surface area (Å²) in [5.74, 6) is -2.88. The zero-order valence-corrected chi connectivity index (χ0v) is 18.6. The van der Waals surface area contributed by atoms with Gasteiger partial charge in [0, 0.05) is 11.4 Å². The van der Waals surface area contributed by atoms with Crippen LogP contribution in [0.15, 0.2) is 46.8 Å². The lowest BCUT2D eigenvalue weighted by Gasteiger charge is -2.31. The van der Waals surface area contributed by atoms with E-state index in [-0.39, 0.29) is 29.9 Å². The summed E-state index contributed by atoms with van der Waals surface area (Å²) >= 11 is 0.